The second-order valence-corrected chi connectivity index (χ2v) is 9.83. The van der Waals surface area contributed by atoms with Gasteiger partial charge in [0.05, 0.1) is 22.2 Å². The molecular weight excluding hydrogens is 541 g/mol. The quantitative estimate of drug-likeness (QED) is 0.407. The number of carbonyl (C=O) groups is 1. The first-order chi connectivity index (χ1) is 17.3. The average Bonchev–Trinajstić information content (AvgIpc) is 3.14. The molecule has 3 rings (SSSR count). The molecule has 0 bridgehead atoms. The van der Waals surface area contributed by atoms with Crippen LogP contribution in [-0.2, 0) is 24.5 Å². The molecule has 1 fully saturated rings. The highest BCUT2D eigenvalue weighted by atomic mass is 35.5. The smallest absolute Gasteiger partial charge is 0.350 e. The fourth-order valence-electron chi connectivity index (χ4n) is 4.35. The highest BCUT2D eigenvalue weighted by Crippen LogP contribution is 2.36. The van der Waals surface area contributed by atoms with Crippen molar-refractivity contribution in [3.05, 3.63) is 40.0 Å². The molecule has 206 valence electrons. The first kappa shape index (κ1) is 30.9. The van der Waals surface area contributed by atoms with Gasteiger partial charge >= 0.3 is 17.7 Å². The van der Waals surface area contributed by atoms with E-state index in [1.54, 1.807) is 6.92 Å². The lowest BCUT2D eigenvalue weighted by Gasteiger charge is -2.26. The number of rotatable bonds is 7. The maximum atomic E-state index is 15.0. The summed E-state index contributed by atoms with van der Waals surface area (Å²) in [4.78, 5) is 12.8. The summed E-state index contributed by atoms with van der Waals surface area (Å²) in [5, 5.41) is 6.77. The SMILES string of the molecule is CCn1nc(C(=O)NCC2CCC(C)CC2)c(Cl)c1-c1c(F)cc(CC(C)C(F)(F)F)cc1F.O=S=O. The van der Waals surface area contributed by atoms with E-state index in [4.69, 9.17) is 20.0 Å². The zero-order valence-electron chi connectivity index (χ0n) is 20.6. The van der Waals surface area contributed by atoms with Crippen LogP contribution in [0.5, 0.6) is 0 Å². The van der Waals surface area contributed by atoms with Crippen LogP contribution >= 0.6 is 11.6 Å². The van der Waals surface area contributed by atoms with E-state index in [9.17, 15) is 26.7 Å². The van der Waals surface area contributed by atoms with Crippen LogP contribution in [0.3, 0.4) is 0 Å². The van der Waals surface area contributed by atoms with Gasteiger partial charge < -0.3 is 5.32 Å². The van der Waals surface area contributed by atoms with Gasteiger partial charge in [-0.3, -0.25) is 9.48 Å². The van der Waals surface area contributed by atoms with Crippen molar-refractivity contribution in [2.75, 3.05) is 6.54 Å². The van der Waals surface area contributed by atoms with E-state index in [1.807, 2.05) is 0 Å². The molecule has 0 aliphatic heterocycles. The van der Waals surface area contributed by atoms with Crippen molar-refractivity contribution in [3.63, 3.8) is 0 Å². The molecule has 1 aromatic heterocycles. The van der Waals surface area contributed by atoms with E-state index in [0.717, 1.165) is 44.7 Å². The van der Waals surface area contributed by atoms with Gasteiger partial charge in [-0.05, 0) is 55.7 Å². The number of hydrogen-bond acceptors (Lipinski definition) is 4. The molecule has 37 heavy (non-hydrogen) atoms. The van der Waals surface area contributed by atoms with Crippen LogP contribution < -0.4 is 5.32 Å². The zero-order valence-corrected chi connectivity index (χ0v) is 22.2. The molecule has 0 saturated heterocycles. The van der Waals surface area contributed by atoms with Crippen molar-refractivity contribution in [1.29, 1.82) is 0 Å². The molecule has 2 aromatic rings. The molecule has 1 aromatic carbocycles. The van der Waals surface area contributed by atoms with E-state index < -0.39 is 53.2 Å². The summed E-state index contributed by atoms with van der Waals surface area (Å²) in [5.74, 6) is -3.39. The van der Waals surface area contributed by atoms with Gasteiger partial charge in [-0.2, -0.15) is 26.7 Å². The third-order valence-electron chi connectivity index (χ3n) is 6.54. The van der Waals surface area contributed by atoms with Crippen molar-refractivity contribution in [2.45, 2.75) is 65.6 Å². The molecule has 0 spiro atoms. The number of benzene rings is 1. The largest absolute Gasteiger partial charge is 0.391 e. The Labute approximate surface area is 220 Å². The summed E-state index contributed by atoms with van der Waals surface area (Å²) >= 11 is 5.63. The Kier molecular flexibility index (Phi) is 11.2. The number of aryl methyl sites for hydroxylation is 1. The normalized spacial score (nSPS) is 18.5. The minimum absolute atomic E-state index is 0.119. The lowest BCUT2D eigenvalue weighted by molar-refractivity contribution is -0.169. The molecule has 0 radical (unpaired) electrons. The number of nitrogens with one attached hydrogen (secondary N) is 1. The van der Waals surface area contributed by atoms with E-state index in [1.165, 1.54) is 4.68 Å². The number of halogens is 6. The van der Waals surface area contributed by atoms with Crippen LogP contribution in [0.1, 0.15) is 62.5 Å². The Morgan fingerprint density at radius 1 is 1.19 bits per heavy atom. The average molecular weight is 570 g/mol. The second-order valence-electron chi connectivity index (χ2n) is 9.31. The van der Waals surface area contributed by atoms with Crippen molar-refractivity contribution in [2.24, 2.45) is 17.8 Å². The molecule has 1 unspecified atom stereocenters. The summed E-state index contributed by atoms with van der Waals surface area (Å²) in [6.45, 7) is 5.47. The number of hydrogen-bond donors (Lipinski definition) is 1. The number of nitrogens with zero attached hydrogens (tertiary/aromatic N) is 2. The summed E-state index contributed by atoms with van der Waals surface area (Å²) in [6.07, 6.45) is -0.808. The lowest BCUT2D eigenvalue weighted by atomic mass is 9.83. The molecule has 1 amide bonds. The minimum Gasteiger partial charge on any atom is -0.350 e. The predicted molar refractivity (Wildman–Crippen MR) is 130 cm³/mol. The van der Waals surface area contributed by atoms with Gasteiger partial charge in [-0.15, -0.1) is 0 Å². The molecule has 1 N–H and O–H groups in total. The van der Waals surface area contributed by atoms with Crippen molar-refractivity contribution < 1.29 is 35.2 Å². The van der Waals surface area contributed by atoms with E-state index in [2.05, 4.69) is 17.3 Å². The van der Waals surface area contributed by atoms with Crippen LogP contribution in [0.2, 0.25) is 5.02 Å². The first-order valence-corrected chi connectivity index (χ1v) is 12.9. The Morgan fingerprint density at radius 3 is 2.22 bits per heavy atom. The lowest BCUT2D eigenvalue weighted by Crippen LogP contribution is -2.31. The van der Waals surface area contributed by atoms with Gasteiger partial charge in [0.1, 0.15) is 11.6 Å². The van der Waals surface area contributed by atoms with Gasteiger partial charge in [0.2, 0.25) is 0 Å². The van der Waals surface area contributed by atoms with Crippen molar-refractivity contribution >= 4 is 29.1 Å². The number of aromatic nitrogens is 2. The van der Waals surface area contributed by atoms with E-state index in [-0.39, 0.29) is 28.5 Å². The summed E-state index contributed by atoms with van der Waals surface area (Å²) < 4.78 is 86.3. The van der Waals surface area contributed by atoms with Gasteiger partial charge in [0, 0.05) is 13.1 Å². The van der Waals surface area contributed by atoms with Gasteiger partial charge in [-0.25, -0.2) is 8.78 Å². The number of alkyl halides is 3. The molecule has 1 aliphatic carbocycles. The van der Waals surface area contributed by atoms with E-state index >= 15 is 0 Å². The first-order valence-electron chi connectivity index (χ1n) is 11.8. The Hall–Kier alpha value is -2.34. The molecule has 6 nitrogen and oxygen atoms in total. The van der Waals surface area contributed by atoms with Crippen LogP contribution in [0.15, 0.2) is 12.1 Å². The second kappa shape index (κ2) is 13.5. The summed E-state index contributed by atoms with van der Waals surface area (Å²) in [7, 11) is 0. The predicted octanol–water partition coefficient (Wildman–Crippen LogP) is 6.13. The monoisotopic (exact) mass is 569 g/mol. The summed E-state index contributed by atoms with van der Waals surface area (Å²) in [5.41, 5.74) is -0.910. The van der Waals surface area contributed by atoms with Crippen LogP contribution in [0.4, 0.5) is 22.0 Å². The van der Waals surface area contributed by atoms with Crippen molar-refractivity contribution in [3.8, 4) is 11.3 Å². The molecular formula is C24H29ClF5N3O3S. The molecule has 13 heteroatoms. The van der Waals surface area contributed by atoms with E-state index in [0.29, 0.717) is 18.4 Å². The Balaban J connectivity index is 0.00000153. The molecule has 1 atom stereocenters. The van der Waals surface area contributed by atoms with Crippen LogP contribution in [-0.4, -0.2) is 36.8 Å². The van der Waals surface area contributed by atoms with Crippen molar-refractivity contribution in [1.82, 2.24) is 15.1 Å². The molecule has 1 aliphatic rings. The Morgan fingerprint density at radius 2 is 1.73 bits per heavy atom. The fourth-order valence-corrected chi connectivity index (χ4v) is 4.66. The minimum atomic E-state index is -4.48. The molecule has 1 saturated carbocycles. The third kappa shape index (κ3) is 8.07. The maximum absolute atomic E-state index is 15.0. The Bertz CT molecular complexity index is 1100. The van der Waals surface area contributed by atoms with Gasteiger partial charge in [0.25, 0.3) is 5.91 Å². The number of carbonyl (C=O) groups excluding carboxylic acids is 1. The zero-order chi connectivity index (χ0) is 27.9. The van der Waals surface area contributed by atoms with Crippen LogP contribution in [0.25, 0.3) is 11.3 Å². The van der Waals surface area contributed by atoms with Gasteiger partial charge in [-0.1, -0.05) is 38.3 Å². The standard InChI is InChI=1S/C24H29ClF5N3O.O2S/c1-4-33-22(19-17(26)10-16(11-18(19)27)9-14(3)24(28,29)30)20(25)21(32-33)23(34)31-12-15-7-5-13(2)6-8-15;1-3-2/h10-11,13-15H,4-9,12H2,1-3H3,(H,31,34);. The third-order valence-corrected chi connectivity index (χ3v) is 6.89. The van der Waals surface area contributed by atoms with Gasteiger partial charge in [0.15, 0.2) is 5.69 Å². The maximum Gasteiger partial charge on any atom is 0.391 e. The topological polar surface area (TPSA) is 81.1 Å². The number of amides is 1. The van der Waals surface area contributed by atoms with Crippen LogP contribution in [0, 0.1) is 29.4 Å². The molecule has 1 heterocycles. The fraction of sp³-hybridized carbons (Fsp3) is 0.583. The summed E-state index contributed by atoms with van der Waals surface area (Å²) in [6, 6.07) is 1.74. The highest BCUT2D eigenvalue weighted by molar-refractivity contribution is 7.51. The highest BCUT2D eigenvalue weighted by Gasteiger charge is 2.36.